The topological polar surface area (TPSA) is 41.9 Å². The van der Waals surface area contributed by atoms with Crippen molar-refractivity contribution >= 4 is 0 Å². The number of hydrogen-bond acceptors (Lipinski definition) is 4. The number of ether oxygens (including phenoxy) is 2. The molecule has 1 N–H and O–H groups in total. The first kappa shape index (κ1) is 13.7. The average molecular weight is 277 g/mol. The monoisotopic (exact) mass is 277 g/mol. The molecule has 0 spiro atoms. The predicted molar refractivity (Wildman–Crippen MR) is 76.9 cm³/mol. The standard InChI is InChI=1S/C16H23NO3/c1-11-5-6-17(8-12(11)2)9-14(18)13-3-4-15-16(7-13)20-10-19-15/h3-4,7,11-12,14,18H,5-6,8-10H2,1-2H3. The maximum Gasteiger partial charge on any atom is 0.231 e. The van der Waals surface area contributed by atoms with Crippen LogP contribution in [0, 0.1) is 11.8 Å². The van der Waals surface area contributed by atoms with E-state index >= 15 is 0 Å². The lowest BCUT2D eigenvalue weighted by Crippen LogP contribution is -2.40. The number of likely N-dealkylation sites (tertiary alicyclic amines) is 1. The van der Waals surface area contributed by atoms with Crippen molar-refractivity contribution in [1.82, 2.24) is 4.90 Å². The summed E-state index contributed by atoms with van der Waals surface area (Å²) in [7, 11) is 0. The molecule has 1 fully saturated rings. The molecular formula is C16H23NO3. The van der Waals surface area contributed by atoms with Crippen molar-refractivity contribution < 1.29 is 14.6 Å². The smallest absolute Gasteiger partial charge is 0.231 e. The number of nitrogens with zero attached hydrogens (tertiary/aromatic N) is 1. The molecule has 0 amide bonds. The van der Waals surface area contributed by atoms with Gasteiger partial charge in [-0.1, -0.05) is 19.9 Å². The Morgan fingerprint density at radius 2 is 2.05 bits per heavy atom. The van der Waals surface area contributed by atoms with Crippen LogP contribution in [0.4, 0.5) is 0 Å². The Morgan fingerprint density at radius 3 is 2.85 bits per heavy atom. The molecule has 0 aromatic heterocycles. The highest BCUT2D eigenvalue weighted by Gasteiger charge is 2.25. The van der Waals surface area contributed by atoms with Gasteiger partial charge in [0.25, 0.3) is 0 Å². The quantitative estimate of drug-likeness (QED) is 0.921. The van der Waals surface area contributed by atoms with Gasteiger partial charge < -0.3 is 19.5 Å². The molecule has 1 aromatic carbocycles. The van der Waals surface area contributed by atoms with Crippen LogP contribution < -0.4 is 9.47 Å². The van der Waals surface area contributed by atoms with E-state index in [9.17, 15) is 5.11 Å². The van der Waals surface area contributed by atoms with Gasteiger partial charge >= 0.3 is 0 Å². The molecule has 3 atom stereocenters. The third kappa shape index (κ3) is 2.76. The first-order valence-corrected chi connectivity index (χ1v) is 7.43. The summed E-state index contributed by atoms with van der Waals surface area (Å²) in [6.45, 7) is 7.73. The zero-order chi connectivity index (χ0) is 14.1. The molecule has 0 radical (unpaired) electrons. The number of aliphatic hydroxyl groups excluding tert-OH is 1. The van der Waals surface area contributed by atoms with Gasteiger partial charge in [-0.3, -0.25) is 0 Å². The van der Waals surface area contributed by atoms with Crippen molar-refractivity contribution in [2.75, 3.05) is 26.4 Å². The molecule has 0 bridgehead atoms. The molecule has 1 aromatic rings. The van der Waals surface area contributed by atoms with Gasteiger partial charge in [0, 0.05) is 13.1 Å². The van der Waals surface area contributed by atoms with Crippen LogP contribution in [-0.4, -0.2) is 36.4 Å². The van der Waals surface area contributed by atoms with Crippen LogP contribution >= 0.6 is 0 Å². The second-order valence-electron chi connectivity index (χ2n) is 6.13. The third-order valence-corrected chi connectivity index (χ3v) is 4.63. The second-order valence-corrected chi connectivity index (χ2v) is 6.13. The minimum Gasteiger partial charge on any atom is -0.454 e. The highest BCUT2D eigenvalue weighted by Crippen LogP contribution is 2.34. The molecule has 2 aliphatic heterocycles. The Kier molecular flexibility index (Phi) is 3.85. The highest BCUT2D eigenvalue weighted by molar-refractivity contribution is 5.45. The summed E-state index contributed by atoms with van der Waals surface area (Å²) in [5, 5.41) is 10.4. The Bertz CT molecular complexity index is 477. The molecule has 4 nitrogen and oxygen atoms in total. The van der Waals surface area contributed by atoms with Crippen molar-refractivity contribution in [2.45, 2.75) is 26.4 Å². The number of rotatable bonds is 3. The van der Waals surface area contributed by atoms with Crippen LogP contribution in [0.1, 0.15) is 31.9 Å². The van der Waals surface area contributed by atoms with E-state index in [0.29, 0.717) is 12.5 Å². The maximum absolute atomic E-state index is 10.4. The molecule has 110 valence electrons. The van der Waals surface area contributed by atoms with Gasteiger partial charge in [-0.05, 0) is 42.5 Å². The lowest BCUT2D eigenvalue weighted by Gasteiger charge is -2.36. The van der Waals surface area contributed by atoms with E-state index in [1.165, 1.54) is 6.42 Å². The summed E-state index contributed by atoms with van der Waals surface area (Å²) in [6, 6.07) is 5.69. The summed E-state index contributed by atoms with van der Waals surface area (Å²) < 4.78 is 10.7. The molecule has 3 unspecified atom stereocenters. The van der Waals surface area contributed by atoms with E-state index in [0.717, 1.165) is 36.1 Å². The number of benzene rings is 1. The van der Waals surface area contributed by atoms with Gasteiger partial charge in [0.2, 0.25) is 6.79 Å². The van der Waals surface area contributed by atoms with Crippen LogP contribution in [0.5, 0.6) is 11.5 Å². The van der Waals surface area contributed by atoms with Crippen molar-refractivity contribution in [1.29, 1.82) is 0 Å². The van der Waals surface area contributed by atoms with Gasteiger partial charge in [0.05, 0.1) is 6.10 Å². The number of β-amino-alcohol motifs (C(OH)–C–C–N with tert-alkyl or cyclic N) is 1. The van der Waals surface area contributed by atoms with Crippen LogP contribution in [0.15, 0.2) is 18.2 Å². The molecule has 3 rings (SSSR count). The van der Waals surface area contributed by atoms with Crippen LogP contribution in [-0.2, 0) is 0 Å². The second kappa shape index (κ2) is 5.62. The SMILES string of the molecule is CC1CCN(CC(O)c2ccc3c(c2)OCO3)CC1C. The average Bonchev–Trinajstić information content (AvgIpc) is 2.90. The van der Waals surface area contributed by atoms with E-state index in [1.54, 1.807) is 0 Å². The molecule has 1 saturated heterocycles. The fourth-order valence-corrected chi connectivity index (χ4v) is 2.99. The summed E-state index contributed by atoms with van der Waals surface area (Å²) in [5.74, 6) is 2.99. The number of fused-ring (bicyclic) bond motifs is 1. The molecule has 2 heterocycles. The van der Waals surface area contributed by atoms with Gasteiger partial charge in [0.15, 0.2) is 11.5 Å². The van der Waals surface area contributed by atoms with Gasteiger partial charge in [-0.2, -0.15) is 0 Å². The van der Waals surface area contributed by atoms with E-state index in [-0.39, 0.29) is 6.79 Å². The van der Waals surface area contributed by atoms with E-state index in [1.807, 2.05) is 18.2 Å². The Labute approximate surface area is 120 Å². The third-order valence-electron chi connectivity index (χ3n) is 4.63. The normalized spacial score (nSPS) is 27.6. The molecule has 2 aliphatic rings. The molecule has 4 heteroatoms. The van der Waals surface area contributed by atoms with Crippen LogP contribution in [0.2, 0.25) is 0 Å². The Hall–Kier alpha value is -1.26. The largest absolute Gasteiger partial charge is 0.454 e. The molecule has 0 saturated carbocycles. The van der Waals surface area contributed by atoms with Crippen LogP contribution in [0.3, 0.4) is 0 Å². The van der Waals surface area contributed by atoms with Crippen molar-refractivity contribution in [3.8, 4) is 11.5 Å². The number of aliphatic hydroxyl groups is 1. The summed E-state index contributed by atoms with van der Waals surface area (Å²) in [4.78, 5) is 2.36. The fraction of sp³-hybridized carbons (Fsp3) is 0.625. The lowest BCUT2D eigenvalue weighted by molar-refractivity contribution is 0.0704. The minimum atomic E-state index is -0.467. The van der Waals surface area contributed by atoms with E-state index < -0.39 is 6.10 Å². The van der Waals surface area contributed by atoms with Crippen molar-refractivity contribution in [3.05, 3.63) is 23.8 Å². The zero-order valence-corrected chi connectivity index (χ0v) is 12.2. The zero-order valence-electron chi connectivity index (χ0n) is 12.2. The summed E-state index contributed by atoms with van der Waals surface area (Å²) >= 11 is 0. The first-order valence-electron chi connectivity index (χ1n) is 7.43. The van der Waals surface area contributed by atoms with E-state index in [4.69, 9.17) is 9.47 Å². The summed E-state index contributed by atoms with van der Waals surface area (Å²) in [6.07, 6.45) is 0.750. The Balaban J connectivity index is 1.63. The predicted octanol–water partition coefficient (Wildman–Crippen LogP) is 2.43. The fourth-order valence-electron chi connectivity index (χ4n) is 2.99. The van der Waals surface area contributed by atoms with Crippen LogP contribution in [0.25, 0.3) is 0 Å². The van der Waals surface area contributed by atoms with Crippen molar-refractivity contribution in [3.63, 3.8) is 0 Å². The summed E-state index contributed by atoms with van der Waals surface area (Å²) in [5.41, 5.74) is 0.903. The minimum absolute atomic E-state index is 0.274. The molecule has 0 aliphatic carbocycles. The maximum atomic E-state index is 10.4. The van der Waals surface area contributed by atoms with Gasteiger partial charge in [-0.15, -0.1) is 0 Å². The van der Waals surface area contributed by atoms with Gasteiger partial charge in [-0.25, -0.2) is 0 Å². The molecule has 20 heavy (non-hydrogen) atoms. The number of piperidine rings is 1. The van der Waals surface area contributed by atoms with E-state index in [2.05, 4.69) is 18.7 Å². The number of hydrogen-bond donors (Lipinski definition) is 1. The van der Waals surface area contributed by atoms with Gasteiger partial charge in [0.1, 0.15) is 0 Å². The first-order chi connectivity index (χ1) is 9.63. The Morgan fingerprint density at radius 1 is 1.25 bits per heavy atom. The van der Waals surface area contributed by atoms with Crippen molar-refractivity contribution in [2.24, 2.45) is 11.8 Å². The molecular weight excluding hydrogens is 254 g/mol. The lowest BCUT2D eigenvalue weighted by atomic mass is 9.88. The highest BCUT2D eigenvalue weighted by atomic mass is 16.7.